The molecule has 0 saturated carbocycles. The zero-order valence-electron chi connectivity index (χ0n) is 21.2. The van der Waals surface area contributed by atoms with Crippen LogP contribution in [0.2, 0.25) is 0 Å². The van der Waals surface area contributed by atoms with Crippen molar-refractivity contribution in [3.05, 3.63) is 115 Å². The molecule has 3 aromatic heterocycles. The largest absolute Gasteiger partial charge is 0.451 e. The van der Waals surface area contributed by atoms with Gasteiger partial charge in [0.25, 0.3) is 5.69 Å². The lowest BCUT2D eigenvalue weighted by atomic mass is 9.83. The summed E-state index contributed by atoms with van der Waals surface area (Å²) >= 11 is 0. The van der Waals surface area contributed by atoms with Crippen LogP contribution in [0.5, 0.6) is 0 Å². The van der Waals surface area contributed by atoms with Crippen molar-refractivity contribution in [2.24, 2.45) is 7.05 Å². The molecule has 0 spiro atoms. The summed E-state index contributed by atoms with van der Waals surface area (Å²) in [5.74, 6) is 0.851. The molecule has 38 heavy (non-hydrogen) atoms. The first-order chi connectivity index (χ1) is 18.7. The molecule has 1 aliphatic carbocycles. The van der Waals surface area contributed by atoms with E-state index < -0.39 is 0 Å². The van der Waals surface area contributed by atoms with Crippen LogP contribution in [-0.2, 0) is 7.05 Å². The van der Waals surface area contributed by atoms with Gasteiger partial charge in [0, 0.05) is 11.6 Å². The maximum Gasteiger partial charge on any atom is 0.256 e. The number of aromatic nitrogens is 1. The van der Waals surface area contributed by atoms with Gasteiger partial charge in [0.05, 0.1) is 16.5 Å². The van der Waals surface area contributed by atoms with E-state index >= 15 is 0 Å². The molecule has 0 radical (unpaired) electrons. The quantitative estimate of drug-likeness (QED) is 0.215. The van der Waals surface area contributed by atoms with E-state index in [0.717, 1.165) is 61.4 Å². The monoisotopic (exact) mass is 490 g/mol. The summed E-state index contributed by atoms with van der Waals surface area (Å²) < 4.78 is 15.8. The Morgan fingerprint density at radius 3 is 1.68 bits per heavy atom. The fraction of sp³-hybridized carbons (Fsp3) is 0.0571. The number of rotatable bonds is 1. The minimum atomic E-state index is 0.788. The molecule has 0 N–H and O–H groups in total. The van der Waals surface area contributed by atoms with Crippen molar-refractivity contribution in [3.63, 3.8) is 0 Å². The number of fused-ring (bicyclic) bond motifs is 12. The minimum absolute atomic E-state index is 0.788. The first kappa shape index (κ1) is 21.2. The highest BCUT2D eigenvalue weighted by Crippen LogP contribution is 2.52. The second kappa shape index (κ2) is 7.80. The van der Waals surface area contributed by atoms with Crippen molar-refractivity contribution < 1.29 is 13.4 Å². The van der Waals surface area contributed by atoms with Gasteiger partial charge in [0.2, 0.25) is 5.58 Å². The van der Waals surface area contributed by atoms with Crippen molar-refractivity contribution in [3.8, 4) is 56.0 Å². The van der Waals surface area contributed by atoms with Gasteiger partial charge in [0.15, 0.2) is 17.4 Å². The predicted molar refractivity (Wildman–Crippen MR) is 153 cm³/mol. The summed E-state index contributed by atoms with van der Waals surface area (Å²) in [6.45, 7) is 2.14. The molecular formula is C35H24NO2+. The van der Waals surface area contributed by atoms with E-state index in [-0.39, 0.29) is 0 Å². The molecule has 3 heteroatoms. The lowest BCUT2D eigenvalue weighted by Crippen LogP contribution is -2.30. The van der Waals surface area contributed by atoms with Gasteiger partial charge in [-0.1, -0.05) is 91.0 Å². The third kappa shape index (κ3) is 2.81. The molecule has 0 amide bonds. The zero-order chi connectivity index (χ0) is 25.4. The Bertz CT molecular complexity index is 2060. The lowest BCUT2D eigenvalue weighted by Gasteiger charge is -2.19. The standard InChI is InChI=1S/C35H24NO2/c1-21-11-3-4-12-22(21)31-33-29(19-20-36(31)2)34-35(38-33)30-27-17-9-7-15-25(27)23-13-5-6-14-24(23)26-16-8-10-18-28(26)32(30)37-34/h3-20H,1-2H3/q+1. The van der Waals surface area contributed by atoms with E-state index in [0.29, 0.717) is 0 Å². The highest BCUT2D eigenvalue weighted by atomic mass is 16.4. The highest BCUT2D eigenvalue weighted by molar-refractivity contribution is 6.15. The number of pyridine rings is 1. The van der Waals surface area contributed by atoms with E-state index in [1.54, 1.807) is 0 Å². The Labute approximate surface area is 220 Å². The van der Waals surface area contributed by atoms with Gasteiger partial charge in [-0.25, -0.2) is 0 Å². The average Bonchev–Trinajstić information content (AvgIpc) is 3.49. The molecule has 0 bridgehead atoms. The van der Waals surface area contributed by atoms with Gasteiger partial charge in [-0.15, -0.1) is 0 Å². The van der Waals surface area contributed by atoms with Gasteiger partial charge in [0.1, 0.15) is 12.8 Å². The number of benzene rings is 4. The van der Waals surface area contributed by atoms with Crippen LogP contribution in [0, 0.1) is 6.92 Å². The Hall–Kier alpha value is -4.89. The van der Waals surface area contributed by atoms with Crippen LogP contribution in [0.25, 0.3) is 78.1 Å². The highest BCUT2D eigenvalue weighted by Gasteiger charge is 2.31. The fourth-order valence-electron chi connectivity index (χ4n) is 6.09. The van der Waals surface area contributed by atoms with Crippen LogP contribution in [0.1, 0.15) is 5.56 Å². The summed E-state index contributed by atoms with van der Waals surface area (Å²) in [6.07, 6.45) is 2.09. The number of hydrogen-bond donors (Lipinski definition) is 0. The Kier molecular flexibility index (Phi) is 4.36. The maximum atomic E-state index is 6.85. The lowest BCUT2D eigenvalue weighted by molar-refractivity contribution is -0.659. The summed E-state index contributed by atoms with van der Waals surface area (Å²) in [5, 5.41) is 0.982. The normalized spacial score (nSPS) is 11.9. The Morgan fingerprint density at radius 2 is 1.03 bits per heavy atom. The summed E-state index contributed by atoms with van der Waals surface area (Å²) in [7, 11) is 2.07. The van der Waals surface area contributed by atoms with Crippen LogP contribution in [0.4, 0.5) is 0 Å². The molecule has 3 nitrogen and oxygen atoms in total. The Morgan fingerprint density at radius 1 is 0.500 bits per heavy atom. The number of aryl methyl sites for hydroxylation is 2. The number of furan rings is 2. The second-order valence-electron chi connectivity index (χ2n) is 10.0. The Balaban J connectivity index is 1.54. The third-order valence-electron chi connectivity index (χ3n) is 7.87. The SMILES string of the molecule is Cc1ccccc1-c1c2oc3c4c(oc3c2cc[n+]1C)-c1ccccc1-c1ccccc1-c1ccccc1-4. The fourth-order valence-corrected chi connectivity index (χ4v) is 6.09. The van der Waals surface area contributed by atoms with Gasteiger partial charge in [-0.3, -0.25) is 0 Å². The van der Waals surface area contributed by atoms with Crippen LogP contribution >= 0.6 is 0 Å². The molecule has 0 unspecified atom stereocenters. The first-order valence-corrected chi connectivity index (χ1v) is 12.9. The van der Waals surface area contributed by atoms with E-state index in [9.17, 15) is 0 Å². The molecule has 8 rings (SSSR count). The third-order valence-corrected chi connectivity index (χ3v) is 7.87. The molecule has 180 valence electrons. The molecule has 4 aromatic carbocycles. The predicted octanol–water partition coefficient (Wildman–Crippen LogP) is 8.96. The van der Waals surface area contributed by atoms with Crippen molar-refractivity contribution >= 4 is 22.1 Å². The molecule has 3 heterocycles. The minimum Gasteiger partial charge on any atom is -0.451 e. The van der Waals surface area contributed by atoms with E-state index in [2.05, 4.69) is 128 Å². The van der Waals surface area contributed by atoms with Gasteiger partial charge >= 0.3 is 0 Å². The van der Waals surface area contributed by atoms with E-state index in [4.69, 9.17) is 8.83 Å². The topological polar surface area (TPSA) is 30.2 Å². The molecule has 0 fully saturated rings. The van der Waals surface area contributed by atoms with Gasteiger partial charge < -0.3 is 8.83 Å². The first-order valence-electron chi connectivity index (χ1n) is 12.9. The molecule has 7 aromatic rings. The molecule has 1 aliphatic rings. The number of hydrogen-bond acceptors (Lipinski definition) is 2. The summed E-state index contributed by atoms with van der Waals surface area (Å²) in [4.78, 5) is 0. The molecule has 0 atom stereocenters. The van der Waals surface area contributed by atoms with Crippen molar-refractivity contribution in [1.29, 1.82) is 0 Å². The summed E-state index contributed by atoms with van der Waals surface area (Å²) in [5.41, 5.74) is 13.8. The van der Waals surface area contributed by atoms with Crippen LogP contribution in [-0.4, -0.2) is 0 Å². The number of nitrogens with zero attached hydrogens (tertiary/aromatic N) is 1. The summed E-state index contributed by atoms with van der Waals surface area (Å²) in [6, 6.07) is 36.3. The van der Waals surface area contributed by atoms with E-state index in [1.165, 1.54) is 22.3 Å². The van der Waals surface area contributed by atoms with E-state index in [1.807, 2.05) is 0 Å². The van der Waals surface area contributed by atoms with Crippen molar-refractivity contribution in [2.45, 2.75) is 6.92 Å². The van der Waals surface area contributed by atoms with Gasteiger partial charge in [-0.2, -0.15) is 4.57 Å². The van der Waals surface area contributed by atoms with Crippen molar-refractivity contribution in [1.82, 2.24) is 0 Å². The average molecular weight is 491 g/mol. The zero-order valence-corrected chi connectivity index (χ0v) is 21.2. The van der Waals surface area contributed by atoms with Gasteiger partial charge in [-0.05, 0) is 46.4 Å². The smallest absolute Gasteiger partial charge is 0.256 e. The van der Waals surface area contributed by atoms with Crippen LogP contribution < -0.4 is 4.57 Å². The van der Waals surface area contributed by atoms with Crippen LogP contribution in [0.15, 0.2) is 118 Å². The van der Waals surface area contributed by atoms with Crippen molar-refractivity contribution in [2.75, 3.05) is 0 Å². The van der Waals surface area contributed by atoms with Crippen LogP contribution in [0.3, 0.4) is 0 Å². The molecule has 0 aliphatic heterocycles. The molecule has 0 saturated heterocycles. The second-order valence-corrected chi connectivity index (χ2v) is 10.0. The molecular weight excluding hydrogens is 466 g/mol. The maximum absolute atomic E-state index is 6.85.